The van der Waals surface area contributed by atoms with Crippen molar-refractivity contribution < 1.29 is 42.1 Å². The van der Waals surface area contributed by atoms with Crippen molar-refractivity contribution in [2.75, 3.05) is 47.5 Å². The number of nitrogens with zero attached hydrogens (tertiary/aromatic N) is 1. The Morgan fingerprint density at radius 2 is 0.620 bits per heavy atom. The molecule has 0 aromatic heterocycles. The Morgan fingerprint density at radius 3 is 0.924 bits per heavy atom. The minimum absolute atomic E-state index is 0.0335. The number of likely N-dealkylation sites (N-methyl/N-ethyl adjacent to an activating group) is 1. The van der Waals surface area contributed by atoms with Crippen LogP contribution >= 0.6 is 7.82 Å². The van der Waals surface area contributed by atoms with Gasteiger partial charge in [-0.1, -0.05) is 361 Å². The van der Waals surface area contributed by atoms with Gasteiger partial charge in [0.2, 0.25) is 0 Å². The van der Waals surface area contributed by atoms with E-state index in [1.54, 1.807) is 0 Å². The summed E-state index contributed by atoms with van der Waals surface area (Å²) < 4.78 is 34.4. The first-order valence-electron chi connectivity index (χ1n) is 38.6. The molecule has 0 heterocycles. The Hall–Kier alpha value is -3.33. The quantitative estimate of drug-likeness (QED) is 0.0195. The second-order valence-corrected chi connectivity index (χ2v) is 28.4. The number of unbranched alkanes of at least 4 members (excludes halogenated alkanes) is 39. The molecule has 532 valence electrons. The van der Waals surface area contributed by atoms with Crippen molar-refractivity contribution in [2.45, 2.75) is 354 Å². The molecule has 2 unspecified atom stereocenters. The van der Waals surface area contributed by atoms with E-state index in [-0.39, 0.29) is 32.0 Å². The van der Waals surface area contributed by atoms with Crippen LogP contribution in [0, 0.1) is 0 Å². The molecule has 92 heavy (non-hydrogen) atoms. The first kappa shape index (κ1) is 88.7. The molecule has 0 radical (unpaired) electrons. The van der Waals surface area contributed by atoms with Gasteiger partial charge in [0, 0.05) is 12.8 Å². The van der Waals surface area contributed by atoms with Crippen LogP contribution in [0.3, 0.4) is 0 Å². The number of carbonyl (C=O) groups excluding carboxylic acids is 2. The predicted octanol–water partition coefficient (Wildman–Crippen LogP) is 25.0. The number of allylic oxidation sites excluding steroid dienone is 18. The van der Waals surface area contributed by atoms with Gasteiger partial charge in [0.05, 0.1) is 27.7 Å². The summed E-state index contributed by atoms with van der Waals surface area (Å²) in [7, 11) is 1.17. The summed E-state index contributed by atoms with van der Waals surface area (Å²) in [5, 5.41) is 0. The van der Waals surface area contributed by atoms with Crippen LogP contribution in [0.4, 0.5) is 0 Å². The van der Waals surface area contributed by atoms with Crippen molar-refractivity contribution in [3.8, 4) is 0 Å². The summed E-state index contributed by atoms with van der Waals surface area (Å²) in [6.07, 6.45) is 102. The van der Waals surface area contributed by atoms with E-state index in [4.69, 9.17) is 18.5 Å². The molecule has 0 aromatic carbocycles. The second-order valence-electron chi connectivity index (χ2n) is 27.0. The average Bonchev–Trinajstić information content (AvgIpc) is 2.14. The van der Waals surface area contributed by atoms with Crippen molar-refractivity contribution in [1.29, 1.82) is 0 Å². The Bertz CT molecular complexity index is 1920. The highest BCUT2D eigenvalue weighted by atomic mass is 31.2. The number of carbonyl (C=O) groups is 2. The number of esters is 2. The Labute approximate surface area is 569 Å². The van der Waals surface area contributed by atoms with Crippen LogP contribution in [0.5, 0.6) is 0 Å². The van der Waals surface area contributed by atoms with Crippen molar-refractivity contribution in [2.24, 2.45) is 0 Å². The predicted molar refractivity (Wildman–Crippen MR) is 397 cm³/mol. The summed E-state index contributed by atoms with van der Waals surface area (Å²) in [6.45, 7) is 4.17. The van der Waals surface area contributed by atoms with Crippen LogP contribution < -0.4 is 4.89 Å². The van der Waals surface area contributed by atoms with Gasteiger partial charge in [0.25, 0.3) is 7.82 Å². The van der Waals surface area contributed by atoms with E-state index in [0.717, 1.165) is 103 Å². The van der Waals surface area contributed by atoms with Crippen LogP contribution in [0.25, 0.3) is 0 Å². The summed E-state index contributed by atoms with van der Waals surface area (Å²) in [6, 6.07) is 0. The Kier molecular flexibility index (Phi) is 69.3. The minimum atomic E-state index is -4.65. The Balaban J connectivity index is 4.02. The van der Waals surface area contributed by atoms with E-state index < -0.39 is 26.5 Å². The first-order chi connectivity index (χ1) is 45.0. The third-order valence-electron chi connectivity index (χ3n) is 16.8. The fourth-order valence-electron chi connectivity index (χ4n) is 10.9. The zero-order valence-electron chi connectivity index (χ0n) is 60.7. The average molecular weight is 1310 g/mol. The van der Waals surface area contributed by atoms with Crippen molar-refractivity contribution in [3.63, 3.8) is 0 Å². The van der Waals surface area contributed by atoms with Gasteiger partial charge in [-0.2, -0.15) is 0 Å². The van der Waals surface area contributed by atoms with Crippen LogP contribution in [-0.4, -0.2) is 70.0 Å². The molecule has 10 heteroatoms. The van der Waals surface area contributed by atoms with E-state index in [1.165, 1.54) is 212 Å². The lowest BCUT2D eigenvalue weighted by Crippen LogP contribution is -2.37. The highest BCUT2D eigenvalue weighted by Crippen LogP contribution is 2.38. The maximum Gasteiger partial charge on any atom is 0.306 e. The Morgan fingerprint density at radius 1 is 0.348 bits per heavy atom. The summed E-state index contributed by atoms with van der Waals surface area (Å²) >= 11 is 0. The summed E-state index contributed by atoms with van der Waals surface area (Å²) in [5.41, 5.74) is 0. The van der Waals surface area contributed by atoms with Gasteiger partial charge in [-0.05, 0) is 83.5 Å². The van der Waals surface area contributed by atoms with Gasteiger partial charge in [-0.25, -0.2) is 0 Å². The molecule has 0 aliphatic carbocycles. The number of rotatable bonds is 71. The first-order valence-corrected chi connectivity index (χ1v) is 40.1. The number of phosphoric acid groups is 1. The number of ether oxygens (including phenoxy) is 2. The van der Waals surface area contributed by atoms with E-state index in [0.29, 0.717) is 17.4 Å². The van der Waals surface area contributed by atoms with E-state index in [1.807, 2.05) is 21.1 Å². The van der Waals surface area contributed by atoms with Gasteiger partial charge < -0.3 is 27.9 Å². The number of phosphoric ester groups is 1. The maximum atomic E-state index is 12.9. The molecule has 0 rings (SSSR count). The fourth-order valence-corrected chi connectivity index (χ4v) is 11.7. The van der Waals surface area contributed by atoms with E-state index >= 15 is 0 Å². The summed E-state index contributed by atoms with van der Waals surface area (Å²) in [4.78, 5) is 38.1. The monoisotopic (exact) mass is 1300 g/mol. The lowest BCUT2D eigenvalue weighted by molar-refractivity contribution is -0.870. The van der Waals surface area contributed by atoms with Gasteiger partial charge >= 0.3 is 11.9 Å². The zero-order valence-corrected chi connectivity index (χ0v) is 61.6. The standard InChI is InChI=1S/C82H146NO8P/c1-6-8-10-12-14-16-18-20-22-24-26-28-30-32-34-36-37-38-39-40-41-42-43-44-45-47-49-51-53-55-57-59-61-63-65-67-69-71-73-75-82(85)91-80(79-90-92(86,87)89-77-76-83(3,4)5)78-88-81(84)74-72-70-68-66-64-62-60-58-56-54-52-50-48-46-35-33-31-29-27-25-23-21-19-17-15-13-11-9-7-2/h8,10,14,16,20,22,26,28,32,34,37-38,40-41,43-44,47,49,80H,6-7,9,11-13,15,17-19,21,23-25,27,29-31,33,35-36,39,42,45-46,48,50-79H2,1-5H3/b10-8-,16-14-,22-20-,28-26-,34-32-,38-37-,41-40-,44-43-,49-47-. The van der Waals surface area contributed by atoms with Crippen LogP contribution in [0.2, 0.25) is 0 Å². The molecule has 0 fully saturated rings. The molecule has 0 aromatic rings. The molecule has 0 amide bonds. The minimum Gasteiger partial charge on any atom is -0.756 e. The van der Waals surface area contributed by atoms with Gasteiger partial charge in [-0.15, -0.1) is 0 Å². The lowest BCUT2D eigenvalue weighted by atomic mass is 10.0. The highest BCUT2D eigenvalue weighted by Gasteiger charge is 2.22. The molecular formula is C82H146NO8P. The molecular weight excluding hydrogens is 1160 g/mol. The zero-order chi connectivity index (χ0) is 66.9. The molecule has 0 bridgehead atoms. The molecule has 0 aliphatic rings. The van der Waals surface area contributed by atoms with Crippen molar-refractivity contribution in [1.82, 2.24) is 0 Å². The maximum absolute atomic E-state index is 12.9. The molecule has 9 nitrogen and oxygen atoms in total. The lowest BCUT2D eigenvalue weighted by Gasteiger charge is -2.28. The topological polar surface area (TPSA) is 111 Å². The van der Waals surface area contributed by atoms with Crippen molar-refractivity contribution in [3.05, 3.63) is 109 Å². The number of hydrogen-bond donors (Lipinski definition) is 0. The SMILES string of the molecule is CC/C=C\C/C=C\C/C=C\C/C=C\C/C=C\C/C=C\C/C=C\C/C=C\C/C=C\CCCCCCCCCCCCCC(=O)OC(COC(=O)CCCCCCCCCCCCCCCCCCCCCCCCCCCCCCC)COP(=O)([O-])OCC[N+](C)(C)C. The third kappa shape index (κ3) is 75.7. The van der Waals surface area contributed by atoms with Crippen LogP contribution in [-0.2, 0) is 32.7 Å². The van der Waals surface area contributed by atoms with Gasteiger partial charge in [0.1, 0.15) is 19.8 Å². The van der Waals surface area contributed by atoms with E-state index in [9.17, 15) is 19.0 Å². The third-order valence-corrected chi connectivity index (χ3v) is 17.8. The molecule has 0 spiro atoms. The molecule has 0 saturated carbocycles. The van der Waals surface area contributed by atoms with E-state index in [2.05, 4.69) is 123 Å². The highest BCUT2D eigenvalue weighted by molar-refractivity contribution is 7.45. The second kappa shape index (κ2) is 72.0. The van der Waals surface area contributed by atoms with Crippen LogP contribution in [0.1, 0.15) is 348 Å². The normalized spacial score (nSPS) is 13.7. The molecule has 0 N–H and O–H groups in total. The molecule has 0 aliphatic heterocycles. The van der Waals surface area contributed by atoms with Crippen molar-refractivity contribution >= 4 is 19.8 Å². The van der Waals surface area contributed by atoms with Crippen LogP contribution in [0.15, 0.2) is 109 Å². The smallest absolute Gasteiger partial charge is 0.306 e. The largest absolute Gasteiger partial charge is 0.756 e. The fraction of sp³-hybridized carbons (Fsp3) is 0.756. The molecule has 2 atom stereocenters. The van der Waals surface area contributed by atoms with Gasteiger partial charge in [0.15, 0.2) is 6.10 Å². The number of quaternary nitrogens is 1. The summed E-state index contributed by atoms with van der Waals surface area (Å²) in [5.74, 6) is -0.826. The van der Waals surface area contributed by atoms with Gasteiger partial charge in [-0.3, -0.25) is 14.2 Å². The molecule has 0 saturated heterocycles. The number of hydrogen-bond acceptors (Lipinski definition) is 8.